The summed E-state index contributed by atoms with van der Waals surface area (Å²) in [6.45, 7) is 2.36. The summed E-state index contributed by atoms with van der Waals surface area (Å²) in [5.74, 6) is -0.182. The average molecular weight is 347 g/mol. The molecule has 0 unspecified atom stereocenters. The number of hydrogen-bond acceptors (Lipinski definition) is 4. The number of sulfone groups is 1. The minimum absolute atomic E-state index is 0.182. The second kappa shape index (κ2) is 7.59. The van der Waals surface area contributed by atoms with Crippen LogP contribution in [0.1, 0.15) is 34.5 Å². The molecule has 24 heavy (non-hydrogen) atoms. The Morgan fingerprint density at radius 1 is 1.08 bits per heavy atom. The molecule has 1 atom stereocenters. The summed E-state index contributed by atoms with van der Waals surface area (Å²) in [6, 6.07) is 13.5. The van der Waals surface area contributed by atoms with Gasteiger partial charge in [0.05, 0.1) is 17.5 Å². The summed E-state index contributed by atoms with van der Waals surface area (Å²) in [7, 11) is -1.60. The van der Waals surface area contributed by atoms with E-state index in [1.165, 1.54) is 6.26 Å². The molecular formula is C18H21NO4S. The summed E-state index contributed by atoms with van der Waals surface area (Å²) in [4.78, 5) is 12.5. The Morgan fingerprint density at radius 3 is 2.17 bits per heavy atom. The minimum Gasteiger partial charge on any atom is -0.380 e. The van der Waals surface area contributed by atoms with Gasteiger partial charge < -0.3 is 10.1 Å². The number of amides is 1. The maximum atomic E-state index is 12.3. The molecule has 2 rings (SSSR count). The van der Waals surface area contributed by atoms with Crippen LogP contribution in [0.4, 0.5) is 0 Å². The second-order valence-corrected chi connectivity index (χ2v) is 7.68. The number of nitrogens with one attached hydrogen (secondary N) is 1. The molecule has 0 aliphatic heterocycles. The molecule has 2 aromatic carbocycles. The maximum Gasteiger partial charge on any atom is 0.251 e. The molecule has 0 aromatic heterocycles. The quantitative estimate of drug-likeness (QED) is 0.872. The van der Waals surface area contributed by atoms with Crippen LogP contribution in [0.25, 0.3) is 0 Å². The number of methoxy groups -OCH3 is 1. The standard InChI is InChI=1S/C18H21NO4S/c1-13(15-8-10-17(11-9-15)24(3,21)22)19-18(20)16-6-4-14(5-7-16)12-23-2/h4-11,13H,12H2,1-3H3,(H,19,20)/t13-/m0/s1. The zero-order chi connectivity index (χ0) is 17.7. The molecule has 0 aliphatic rings. The Morgan fingerprint density at radius 2 is 1.67 bits per heavy atom. The molecule has 0 bridgehead atoms. The molecule has 0 radical (unpaired) electrons. The third-order valence-electron chi connectivity index (χ3n) is 3.68. The van der Waals surface area contributed by atoms with Crippen LogP contribution in [0.3, 0.4) is 0 Å². The van der Waals surface area contributed by atoms with Gasteiger partial charge in [-0.05, 0) is 42.3 Å². The predicted molar refractivity (Wildman–Crippen MR) is 92.6 cm³/mol. The summed E-state index contributed by atoms with van der Waals surface area (Å²) in [5.41, 5.74) is 2.40. The van der Waals surface area contributed by atoms with Crippen LogP contribution in [0.2, 0.25) is 0 Å². The fourth-order valence-corrected chi connectivity index (χ4v) is 2.92. The molecule has 5 nitrogen and oxygen atoms in total. The number of carbonyl (C=O) groups excluding carboxylic acids is 1. The van der Waals surface area contributed by atoms with Gasteiger partial charge in [-0.15, -0.1) is 0 Å². The lowest BCUT2D eigenvalue weighted by molar-refractivity contribution is 0.0939. The smallest absolute Gasteiger partial charge is 0.251 e. The third kappa shape index (κ3) is 4.66. The van der Waals surface area contributed by atoms with Crippen molar-refractivity contribution in [3.05, 3.63) is 65.2 Å². The van der Waals surface area contributed by atoms with Crippen LogP contribution in [0, 0.1) is 0 Å². The minimum atomic E-state index is -3.22. The van der Waals surface area contributed by atoms with Gasteiger partial charge in [0.2, 0.25) is 0 Å². The van der Waals surface area contributed by atoms with E-state index < -0.39 is 9.84 Å². The Hall–Kier alpha value is -2.18. The van der Waals surface area contributed by atoms with Crippen molar-refractivity contribution in [1.29, 1.82) is 0 Å². The maximum absolute atomic E-state index is 12.3. The Balaban J connectivity index is 2.05. The van der Waals surface area contributed by atoms with Gasteiger partial charge in [0.1, 0.15) is 0 Å². The van der Waals surface area contributed by atoms with E-state index in [-0.39, 0.29) is 16.8 Å². The molecule has 0 saturated carbocycles. The van der Waals surface area contributed by atoms with E-state index in [1.54, 1.807) is 43.5 Å². The monoisotopic (exact) mass is 347 g/mol. The Bertz CT molecular complexity index is 796. The lowest BCUT2D eigenvalue weighted by Crippen LogP contribution is -2.26. The van der Waals surface area contributed by atoms with Crippen molar-refractivity contribution in [3.8, 4) is 0 Å². The number of hydrogen-bond donors (Lipinski definition) is 1. The van der Waals surface area contributed by atoms with Gasteiger partial charge in [0, 0.05) is 18.9 Å². The SMILES string of the molecule is COCc1ccc(C(=O)N[C@@H](C)c2ccc(S(C)(=O)=O)cc2)cc1. The van der Waals surface area contributed by atoms with Crippen molar-refractivity contribution in [2.24, 2.45) is 0 Å². The van der Waals surface area contributed by atoms with E-state index in [2.05, 4.69) is 5.32 Å². The highest BCUT2D eigenvalue weighted by Gasteiger charge is 2.13. The summed E-state index contributed by atoms with van der Waals surface area (Å²) >= 11 is 0. The van der Waals surface area contributed by atoms with Crippen molar-refractivity contribution >= 4 is 15.7 Å². The van der Waals surface area contributed by atoms with E-state index in [0.29, 0.717) is 12.2 Å². The van der Waals surface area contributed by atoms with E-state index in [9.17, 15) is 13.2 Å². The molecule has 0 heterocycles. The molecule has 0 aliphatic carbocycles. The van der Waals surface area contributed by atoms with Crippen LogP contribution in [-0.4, -0.2) is 27.7 Å². The topological polar surface area (TPSA) is 72.5 Å². The van der Waals surface area contributed by atoms with Gasteiger partial charge >= 0.3 is 0 Å². The van der Waals surface area contributed by atoms with Crippen LogP contribution < -0.4 is 5.32 Å². The lowest BCUT2D eigenvalue weighted by atomic mass is 10.1. The van der Waals surface area contributed by atoms with Crippen LogP contribution in [-0.2, 0) is 21.2 Å². The van der Waals surface area contributed by atoms with Gasteiger partial charge in [-0.3, -0.25) is 4.79 Å². The molecule has 2 aromatic rings. The number of benzene rings is 2. The van der Waals surface area contributed by atoms with Crippen LogP contribution >= 0.6 is 0 Å². The Labute approximate surface area is 142 Å². The van der Waals surface area contributed by atoms with Crippen molar-refractivity contribution in [3.63, 3.8) is 0 Å². The molecule has 128 valence electrons. The van der Waals surface area contributed by atoms with E-state index in [1.807, 2.05) is 19.1 Å². The van der Waals surface area contributed by atoms with Crippen molar-refractivity contribution in [2.45, 2.75) is 24.5 Å². The van der Waals surface area contributed by atoms with E-state index >= 15 is 0 Å². The fourth-order valence-electron chi connectivity index (χ4n) is 2.29. The lowest BCUT2D eigenvalue weighted by Gasteiger charge is -2.15. The van der Waals surface area contributed by atoms with Crippen LogP contribution in [0.15, 0.2) is 53.4 Å². The largest absolute Gasteiger partial charge is 0.380 e. The summed E-state index contributed by atoms with van der Waals surface area (Å²) in [6.07, 6.45) is 1.17. The predicted octanol–water partition coefficient (Wildman–Crippen LogP) is 2.73. The second-order valence-electron chi connectivity index (χ2n) is 5.67. The zero-order valence-electron chi connectivity index (χ0n) is 13.9. The first kappa shape index (κ1) is 18.2. The van der Waals surface area contributed by atoms with Crippen molar-refractivity contribution in [1.82, 2.24) is 5.32 Å². The average Bonchev–Trinajstić information content (AvgIpc) is 2.55. The normalized spacial score (nSPS) is 12.6. The highest BCUT2D eigenvalue weighted by molar-refractivity contribution is 7.90. The molecular weight excluding hydrogens is 326 g/mol. The van der Waals surface area contributed by atoms with Gasteiger partial charge in [-0.2, -0.15) is 0 Å². The molecule has 6 heteroatoms. The van der Waals surface area contributed by atoms with Gasteiger partial charge in [0.25, 0.3) is 5.91 Å². The van der Waals surface area contributed by atoms with Crippen molar-refractivity contribution in [2.75, 3.05) is 13.4 Å². The first-order valence-corrected chi connectivity index (χ1v) is 9.39. The highest BCUT2D eigenvalue weighted by atomic mass is 32.2. The first-order valence-electron chi connectivity index (χ1n) is 7.50. The molecule has 1 amide bonds. The summed E-state index contributed by atoms with van der Waals surface area (Å²) in [5, 5.41) is 2.90. The first-order chi connectivity index (χ1) is 11.3. The zero-order valence-corrected chi connectivity index (χ0v) is 14.8. The fraction of sp³-hybridized carbons (Fsp3) is 0.278. The number of carbonyl (C=O) groups is 1. The number of rotatable bonds is 6. The van der Waals surface area contributed by atoms with Crippen molar-refractivity contribution < 1.29 is 17.9 Å². The number of ether oxygens (including phenoxy) is 1. The third-order valence-corrected chi connectivity index (χ3v) is 4.81. The molecule has 0 fully saturated rings. The summed E-state index contributed by atoms with van der Waals surface area (Å²) < 4.78 is 28.0. The molecule has 1 N–H and O–H groups in total. The van der Waals surface area contributed by atoms with Gasteiger partial charge in [0.15, 0.2) is 9.84 Å². The molecule has 0 spiro atoms. The Kier molecular flexibility index (Phi) is 5.75. The van der Waals surface area contributed by atoms with E-state index in [4.69, 9.17) is 4.74 Å². The van der Waals surface area contributed by atoms with Crippen LogP contribution in [0.5, 0.6) is 0 Å². The van der Waals surface area contributed by atoms with Gasteiger partial charge in [-0.1, -0.05) is 24.3 Å². The molecule has 0 saturated heterocycles. The van der Waals surface area contributed by atoms with E-state index in [0.717, 1.165) is 11.1 Å². The highest BCUT2D eigenvalue weighted by Crippen LogP contribution is 2.17. The van der Waals surface area contributed by atoms with Gasteiger partial charge in [-0.25, -0.2) is 8.42 Å².